The van der Waals surface area contributed by atoms with Crippen LogP contribution in [0.4, 0.5) is 4.39 Å². The summed E-state index contributed by atoms with van der Waals surface area (Å²) < 4.78 is 25.7. The van der Waals surface area contributed by atoms with Crippen LogP contribution in [-0.2, 0) is 11.2 Å². The van der Waals surface area contributed by atoms with Crippen molar-refractivity contribution in [2.45, 2.75) is 44.1 Å². The number of fused-ring (bicyclic) bond motifs is 1. The van der Waals surface area contributed by atoms with Gasteiger partial charge < -0.3 is 14.6 Å². The molecule has 170 valence electrons. The maximum absolute atomic E-state index is 14.3. The van der Waals surface area contributed by atoms with Crippen molar-refractivity contribution in [1.82, 2.24) is 9.97 Å². The first-order valence-electron chi connectivity index (χ1n) is 11.2. The maximum Gasteiger partial charge on any atom is 0.303 e. The molecule has 2 heterocycles. The molecule has 0 saturated heterocycles. The molecule has 1 unspecified atom stereocenters. The third-order valence-corrected chi connectivity index (χ3v) is 6.49. The van der Waals surface area contributed by atoms with E-state index >= 15 is 0 Å². The summed E-state index contributed by atoms with van der Waals surface area (Å²) in [5.41, 5.74) is 3.07. The highest BCUT2D eigenvalue weighted by atomic mass is 19.1. The molecule has 0 amide bonds. The largest absolute Gasteiger partial charge is 0.497 e. The number of aromatic nitrogens is 2. The van der Waals surface area contributed by atoms with Gasteiger partial charge in [-0.25, -0.2) is 14.4 Å². The molecule has 2 aliphatic rings. The fourth-order valence-electron chi connectivity index (χ4n) is 4.54. The quantitative estimate of drug-likeness (QED) is 0.526. The molecule has 1 aromatic heterocycles. The number of hydrogen-bond acceptors (Lipinski definition) is 5. The first-order valence-corrected chi connectivity index (χ1v) is 11.2. The van der Waals surface area contributed by atoms with E-state index in [1.165, 1.54) is 13.2 Å². The Bertz CT molecular complexity index is 1180. The Balaban J connectivity index is 1.36. The summed E-state index contributed by atoms with van der Waals surface area (Å²) in [5, 5.41) is 9.32. The smallest absolute Gasteiger partial charge is 0.303 e. The number of carbonyl (C=O) groups is 1. The Labute approximate surface area is 191 Å². The van der Waals surface area contributed by atoms with Gasteiger partial charge in [-0.2, -0.15) is 0 Å². The van der Waals surface area contributed by atoms with Crippen LogP contribution in [-0.4, -0.2) is 28.2 Å². The summed E-state index contributed by atoms with van der Waals surface area (Å²) in [7, 11) is 1.54. The number of aliphatic carboxylic acids is 1. The first kappa shape index (κ1) is 21.4. The Morgan fingerprint density at radius 3 is 2.67 bits per heavy atom. The molecule has 2 atom stereocenters. The van der Waals surface area contributed by atoms with Crippen molar-refractivity contribution in [1.29, 1.82) is 0 Å². The minimum Gasteiger partial charge on any atom is -0.497 e. The number of rotatable bonds is 7. The lowest BCUT2D eigenvalue weighted by Gasteiger charge is -2.26. The van der Waals surface area contributed by atoms with Crippen LogP contribution in [0.5, 0.6) is 11.5 Å². The van der Waals surface area contributed by atoms with E-state index < -0.39 is 5.97 Å². The molecule has 7 heteroatoms. The van der Waals surface area contributed by atoms with Crippen LogP contribution in [0.25, 0.3) is 11.1 Å². The highest BCUT2D eigenvalue weighted by Gasteiger charge is 2.34. The highest BCUT2D eigenvalue weighted by molar-refractivity contribution is 5.68. The highest BCUT2D eigenvalue weighted by Crippen LogP contribution is 2.46. The molecule has 3 aromatic rings. The fourth-order valence-corrected chi connectivity index (χ4v) is 4.54. The van der Waals surface area contributed by atoms with Gasteiger partial charge in [0.15, 0.2) is 11.9 Å². The van der Waals surface area contributed by atoms with Crippen LogP contribution < -0.4 is 9.47 Å². The van der Waals surface area contributed by atoms with Crippen LogP contribution >= 0.6 is 0 Å². The molecule has 33 heavy (non-hydrogen) atoms. The average Bonchev–Trinajstić information content (AvgIpc) is 3.68. The second kappa shape index (κ2) is 8.81. The van der Waals surface area contributed by atoms with E-state index in [4.69, 9.17) is 9.47 Å². The number of benzene rings is 2. The molecule has 1 N–H and O–H groups in total. The molecule has 0 bridgehead atoms. The summed E-state index contributed by atoms with van der Waals surface area (Å²) in [6.07, 6.45) is 6.74. The van der Waals surface area contributed by atoms with E-state index in [1.54, 1.807) is 24.5 Å². The van der Waals surface area contributed by atoms with Gasteiger partial charge in [0.2, 0.25) is 0 Å². The van der Waals surface area contributed by atoms with Crippen molar-refractivity contribution in [3.8, 4) is 22.6 Å². The van der Waals surface area contributed by atoms with Gasteiger partial charge in [-0.15, -0.1) is 0 Å². The molecule has 0 spiro atoms. The Morgan fingerprint density at radius 1 is 1.18 bits per heavy atom. The third kappa shape index (κ3) is 4.53. The minimum atomic E-state index is -0.774. The third-order valence-electron chi connectivity index (χ3n) is 6.49. The van der Waals surface area contributed by atoms with Crippen molar-refractivity contribution in [2.24, 2.45) is 5.92 Å². The number of hydrogen-bond donors (Lipinski definition) is 1. The molecule has 1 saturated carbocycles. The predicted octanol–water partition coefficient (Wildman–Crippen LogP) is 5.33. The lowest BCUT2D eigenvalue weighted by molar-refractivity contribution is -0.137. The van der Waals surface area contributed by atoms with E-state index in [9.17, 15) is 14.3 Å². The van der Waals surface area contributed by atoms with E-state index in [0.29, 0.717) is 28.6 Å². The van der Waals surface area contributed by atoms with Crippen LogP contribution in [0.3, 0.4) is 0 Å². The molecular weight excluding hydrogens is 423 g/mol. The number of ether oxygens (including phenoxy) is 2. The van der Waals surface area contributed by atoms with Crippen LogP contribution in [0.2, 0.25) is 0 Å². The van der Waals surface area contributed by atoms with Crippen molar-refractivity contribution < 1.29 is 23.8 Å². The molecule has 6 nitrogen and oxygen atoms in total. The summed E-state index contributed by atoms with van der Waals surface area (Å²) in [4.78, 5) is 20.3. The summed E-state index contributed by atoms with van der Waals surface area (Å²) in [6, 6.07) is 10.6. The van der Waals surface area contributed by atoms with Crippen molar-refractivity contribution in [3.05, 3.63) is 71.6 Å². The normalized spacial score (nSPS) is 18.2. The maximum atomic E-state index is 14.3. The van der Waals surface area contributed by atoms with Crippen LogP contribution in [0, 0.1) is 11.7 Å². The molecule has 1 aliphatic heterocycles. The number of nitrogens with zero attached hydrogens (tertiary/aromatic N) is 2. The van der Waals surface area contributed by atoms with Gasteiger partial charge in [0.25, 0.3) is 0 Å². The molecule has 5 rings (SSSR count). The number of carboxylic acid groups (broad SMARTS) is 1. The summed E-state index contributed by atoms with van der Waals surface area (Å²) >= 11 is 0. The van der Waals surface area contributed by atoms with Crippen molar-refractivity contribution in [3.63, 3.8) is 0 Å². The van der Waals surface area contributed by atoms with E-state index in [2.05, 4.69) is 9.97 Å². The van der Waals surface area contributed by atoms with Crippen LogP contribution in [0.1, 0.15) is 54.7 Å². The van der Waals surface area contributed by atoms with Gasteiger partial charge >= 0.3 is 5.97 Å². The lowest BCUT2D eigenvalue weighted by Crippen LogP contribution is -2.18. The Morgan fingerprint density at radius 2 is 1.97 bits per heavy atom. The summed E-state index contributed by atoms with van der Waals surface area (Å²) in [5.74, 6) is 1.19. The second-order valence-electron chi connectivity index (χ2n) is 8.73. The molecule has 2 aromatic carbocycles. The van der Waals surface area contributed by atoms with Gasteiger partial charge in [0.1, 0.15) is 17.3 Å². The zero-order chi connectivity index (χ0) is 22.9. The number of methoxy groups -OCH3 is 1. The standard InChI is InChI=1S/C26H25FN2O4/c1-32-19-7-8-22(27)21(11-19)18-13-28-26(29-14-18)23-9-6-16-4-5-17(10-24(16)33-23)20(12-25(30)31)15-2-3-15/h4-5,7-8,10-11,13-15,20,23H,2-3,6,9,12H2,1H3,(H,30,31)/t20-,23?/m0/s1. The zero-order valence-corrected chi connectivity index (χ0v) is 18.3. The average molecular weight is 448 g/mol. The number of aryl methyl sites for hydroxylation is 1. The molecule has 1 fully saturated rings. The van der Waals surface area contributed by atoms with Gasteiger partial charge in [-0.3, -0.25) is 4.79 Å². The Kier molecular flexibility index (Phi) is 5.70. The number of carboxylic acids is 1. The second-order valence-corrected chi connectivity index (χ2v) is 8.73. The van der Waals surface area contributed by atoms with Gasteiger partial charge in [-0.1, -0.05) is 12.1 Å². The summed E-state index contributed by atoms with van der Waals surface area (Å²) in [6.45, 7) is 0. The Hall–Kier alpha value is -3.48. The van der Waals surface area contributed by atoms with Gasteiger partial charge in [0, 0.05) is 23.5 Å². The van der Waals surface area contributed by atoms with Gasteiger partial charge in [0.05, 0.1) is 13.5 Å². The van der Waals surface area contributed by atoms with Crippen molar-refractivity contribution >= 4 is 5.97 Å². The minimum absolute atomic E-state index is 0.0186. The monoisotopic (exact) mass is 448 g/mol. The zero-order valence-electron chi connectivity index (χ0n) is 18.3. The SMILES string of the molecule is COc1ccc(F)c(-c2cnc(C3CCc4ccc([C@@H](CC(=O)O)C5CC5)cc4O3)nc2)c1. The fraction of sp³-hybridized carbons (Fsp3) is 0.346. The van der Waals surface area contributed by atoms with Crippen molar-refractivity contribution in [2.75, 3.05) is 7.11 Å². The molecular formula is C26H25FN2O4. The van der Waals surface area contributed by atoms with Crippen LogP contribution in [0.15, 0.2) is 48.8 Å². The topological polar surface area (TPSA) is 81.5 Å². The van der Waals surface area contributed by atoms with E-state index in [1.807, 2.05) is 18.2 Å². The molecule has 1 aliphatic carbocycles. The molecule has 0 radical (unpaired) electrons. The van der Waals surface area contributed by atoms with E-state index in [0.717, 1.165) is 42.6 Å². The number of halogens is 1. The first-order chi connectivity index (χ1) is 16.0. The lowest BCUT2D eigenvalue weighted by atomic mass is 9.89. The predicted molar refractivity (Wildman–Crippen MR) is 120 cm³/mol. The van der Waals surface area contributed by atoms with Gasteiger partial charge in [-0.05, 0) is 72.9 Å². The van der Waals surface area contributed by atoms with E-state index in [-0.39, 0.29) is 24.3 Å².